The number of hydrogen-bond donors (Lipinski definition) is 2. The summed E-state index contributed by atoms with van der Waals surface area (Å²) >= 11 is 0. The summed E-state index contributed by atoms with van der Waals surface area (Å²) < 4.78 is 0. The normalized spacial score (nSPS) is 10.7. The van der Waals surface area contributed by atoms with Gasteiger partial charge in [-0.2, -0.15) is 0 Å². The Hall–Kier alpha value is -3.22. The number of phenolic OH excluding ortho intramolecular Hbond substituents is 1. The largest absolute Gasteiger partial charge is 0.502 e. The van der Waals surface area contributed by atoms with Gasteiger partial charge >= 0.3 is 11.7 Å². The molecule has 0 bridgehead atoms. The van der Waals surface area contributed by atoms with Crippen LogP contribution in [0.3, 0.4) is 0 Å². The molecule has 0 saturated carbocycles. The van der Waals surface area contributed by atoms with Crippen molar-refractivity contribution < 1.29 is 19.9 Å². The molecule has 2 aromatic carbocycles. The van der Waals surface area contributed by atoms with Crippen LogP contribution in [-0.4, -0.2) is 27.3 Å². The summed E-state index contributed by atoms with van der Waals surface area (Å²) in [6.07, 6.45) is 1.24. The molecule has 0 fully saturated rings. The molecule has 0 atom stereocenters. The number of hydrogen-bond acceptors (Lipinski definition) is 5. The van der Waals surface area contributed by atoms with Gasteiger partial charge in [-0.1, -0.05) is 12.1 Å². The fourth-order valence-corrected chi connectivity index (χ4v) is 1.66. The van der Waals surface area contributed by atoms with E-state index in [9.17, 15) is 20.0 Å². The quantitative estimate of drug-likeness (QED) is 0.509. The van der Waals surface area contributed by atoms with Crippen molar-refractivity contribution in [2.24, 2.45) is 4.99 Å². The van der Waals surface area contributed by atoms with E-state index < -0.39 is 22.3 Å². The van der Waals surface area contributed by atoms with E-state index in [1.807, 2.05) is 0 Å². The van der Waals surface area contributed by atoms with Crippen molar-refractivity contribution >= 4 is 23.6 Å². The summed E-state index contributed by atoms with van der Waals surface area (Å²) in [5, 5.41) is 29.3. The second-order valence-corrected chi connectivity index (χ2v) is 4.09. The van der Waals surface area contributed by atoms with Crippen molar-refractivity contribution in [1.29, 1.82) is 0 Å². The second-order valence-electron chi connectivity index (χ2n) is 4.09. The highest BCUT2D eigenvalue weighted by atomic mass is 16.6. The first-order valence-electron chi connectivity index (χ1n) is 5.83. The number of benzene rings is 2. The molecule has 0 aliphatic heterocycles. The zero-order valence-electron chi connectivity index (χ0n) is 10.6. The Morgan fingerprint density at radius 3 is 2.62 bits per heavy atom. The minimum atomic E-state index is -1.08. The van der Waals surface area contributed by atoms with Crippen molar-refractivity contribution in [3.63, 3.8) is 0 Å². The summed E-state index contributed by atoms with van der Waals surface area (Å²) in [5.74, 6) is -1.56. The number of aromatic hydroxyl groups is 1. The van der Waals surface area contributed by atoms with Crippen LogP contribution in [0.5, 0.6) is 5.75 Å². The van der Waals surface area contributed by atoms with E-state index in [1.54, 1.807) is 6.07 Å². The van der Waals surface area contributed by atoms with Crippen LogP contribution in [0.1, 0.15) is 15.9 Å². The van der Waals surface area contributed by atoms with E-state index in [0.29, 0.717) is 5.69 Å². The third kappa shape index (κ3) is 3.21. The predicted octanol–water partition coefficient (Wildman–Crippen LogP) is 2.75. The third-order valence-corrected chi connectivity index (χ3v) is 2.69. The van der Waals surface area contributed by atoms with Gasteiger partial charge in [0.05, 0.1) is 16.2 Å². The fourth-order valence-electron chi connectivity index (χ4n) is 1.66. The Balaban J connectivity index is 2.34. The maximum Gasteiger partial charge on any atom is 0.335 e. The lowest BCUT2D eigenvalue weighted by atomic mass is 10.2. The molecule has 0 aromatic heterocycles. The molecule has 106 valence electrons. The predicted molar refractivity (Wildman–Crippen MR) is 75.4 cm³/mol. The average Bonchev–Trinajstić information content (AvgIpc) is 2.46. The monoisotopic (exact) mass is 286 g/mol. The number of phenols is 1. The number of carboxylic acids is 1. The lowest BCUT2D eigenvalue weighted by Crippen LogP contribution is -1.94. The lowest BCUT2D eigenvalue weighted by Gasteiger charge is -2.00. The number of nitrogens with zero attached hydrogens (tertiary/aromatic N) is 2. The van der Waals surface area contributed by atoms with Gasteiger partial charge in [-0.25, -0.2) is 4.79 Å². The minimum absolute atomic E-state index is 0.0768. The van der Waals surface area contributed by atoms with E-state index >= 15 is 0 Å². The number of aliphatic imine (C=N–C) groups is 1. The van der Waals surface area contributed by atoms with Crippen LogP contribution in [0.25, 0.3) is 0 Å². The number of aromatic carboxylic acids is 1. The summed E-state index contributed by atoms with van der Waals surface area (Å²) in [4.78, 5) is 24.9. The van der Waals surface area contributed by atoms with Crippen molar-refractivity contribution in [2.45, 2.75) is 0 Å². The molecule has 2 N–H and O–H groups in total. The number of rotatable bonds is 4. The van der Waals surface area contributed by atoms with Crippen molar-refractivity contribution in [3.05, 3.63) is 63.7 Å². The second kappa shape index (κ2) is 5.83. The van der Waals surface area contributed by atoms with E-state index in [1.165, 1.54) is 42.6 Å². The van der Waals surface area contributed by atoms with Gasteiger partial charge in [-0.15, -0.1) is 0 Å². The molecule has 0 amide bonds. The maximum absolute atomic E-state index is 10.8. The van der Waals surface area contributed by atoms with Gasteiger partial charge in [0.25, 0.3) is 0 Å². The lowest BCUT2D eigenvalue weighted by molar-refractivity contribution is -0.385. The minimum Gasteiger partial charge on any atom is -0.502 e. The Morgan fingerprint density at radius 1 is 1.24 bits per heavy atom. The number of nitro groups is 1. The SMILES string of the molecule is O=C(O)c1cccc(N=Cc2cccc([N+](=O)[O-])c2O)c1. The maximum atomic E-state index is 10.8. The van der Waals surface area contributed by atoms with Crippen LogP contribution in [-0.2, 0) is 0 Å². The highest BCUT2D eigenvalue weighted by Crippen LogP contribution is 2.28. The molecule has 0 unspecified atom stereocenters. The summed E-state index contributed by atoms with van der Waals surface area (Å²) in [5.41, 5.74) is 0.192. The van der Waals surface area contributed by atoms with Gasteiger partial charge in [-0.3, -0.25) is 15.1 Å². The van der Waals surface area contributed by atoms with Gasteiger partial charge in [0, 0.05) is 17.8 Å². The van der Waals surface area contributed by atoms with E-state index in [-0.39, 0.29) is 11.1 Å². The third-order valence-electron chi connectivity index (χ3n) is 2.69. The van der Waals surface area contributed by atoms with Crippen LogP contribution >= 0.6 is 0 Å². The standard InChI is InChI=1S/C14H10N2O5/c17-13-10(4-2-6-12(13)16(20)21)8-15-11-5-1-3-9(7-11)14(18)19/h1-8,17H,(H,18,19). The molecular weight excluding hydrogens is 276 g/mol. The van der Waals surface area contributed by atoms with Gasteiger partial charge in [0.2, 0.25) is 5.75 Å². The first-order valence-corrected chi connectivity index (χ1v) is 5.83. The number of para-hydroxylation sites is 1. The summed E-state index contributed by atoms with van der Waals surface area (Å²) in [6.45, 7) is 0. The first-order chi connectivity index (χ1) is 9.99. The molecule has 2 rings (SSSR count). The van der Waals surface area contributed by atoms with Crippen molar-refractivity contribution in [2.75, 3.05) is 0 Å². The molecule has 0 radical (unpaired) electrons. The zero-order chi connectivity index (χ0) is 15.4. The molecular formula is C14H10N2O5. The Labute approximate surface area is 119 Å². The Morgan fingerprint density at radius 2 is 1.95 bits per heavy atom. The van der Waals surface area contributed by atoms with Gasteiger partial charge < -0.3 is 10.2 Å². The van der Waals surface area contributed by atoms with Crippen LogP contribution in [0.4, 0.5) is 11.4 Å². The van der Waals surface area contributed by atoms with E-state index in [4.69, 9.17) is 5.11 Å². The van der Waals surface area contributed by atoms with Crippen molar-refractivity contribution in [1.82, 2.24) is 0 Å². The highest BCUT2D eigenvalue weighted by Gasteiger charge is 2.15. The number of nitro benzene ring substituents is 1. The smallest absolute Gasteiger partial charge is 0.335 e. The molecule has 0 saturated heterocycles. The molecule has 7 nitrogen and oxygen atoms in total. The molecule has 21 heavy (non-hydrogen) atoms. The average molecular weight is 286 g/mol. The Bertz CT molecular complexity index is 740. The highest BCUT2D eigenvalue weighted by molar-refractivity contribution is 5.90. The van der Waals surface area contributed by atoms with Gasteiger partial charge in [-0.05, 0) is 24.3 Å². The first kappa shape index (κ1) is 14.2. The topological polar surface area (TPSA) is 113 Å². The molecule has 2 aromatic rings. The molecule has 0 heterocycles. The van der Waals surface area contributed by atoms with Crippen molar-refractivity contribution in [3.8, 4) is 5.75 Å². The number of carboxylic acid groups (broad SMARTS) is 1. The van der Waals surface area contributed by atoms with Crippen LogP contribution in [0.2, 0.25) is 0 Å². The van der Waals surface area contributed by atoms with Crippen LogP contribution < -0.4 is 0 Å². The van der Waals surface area contributed by atoms with Crippen LogP contribution in [0.15, 0.2) is 47.5 Å². The molecule has 0 aliphatic rings. The zero-order valence-corrected chi connectivity index (χ0v) is 10.6. The Kier molecular flexibility index (Phi) is 3.94. The van der Waals surface area contributed by atoms with E-state index in [0.717, 1.165) is 0 Å². The van der Waals surface area contributed by atoms with E-state index in [2.05, 4.69) is 4.99 Å². The number of carbonyl (C=O) groups is 1. The molecule has 7 heteroatoms. The molecule has 0 aliphatic carbocycles. The van der Waals surface area contributed by atoms with Gasteiger partial charge in [0.1, 0.15) is 0 Å². The molecule has 0 spiro atoms. The van der Waals surface area contributed by atoms with Crippen LogP contribution in [0, 0.1) is 10.1 Å². The summed E-state index contributed by atoms with van der Waals surface area (Å²) in [7, 11) is 0. The fraction of sp³-hybridized carbons (Fsp3) is 0. The summed E-state index contributed by atoms with van der Waals surface area (Å²) in [6, 6.07) is 9.96. The van der Waals surface area contributed by atoms with Gasteiger partial charge in [0.15, 0.2) is 0 Å².